The van der Waals surface area contributed by atoms with Crippen LogP contribution in [0.3, 0.4) is 0 Å². The summed E-state index contributed by atoms with van der Waals surface area (Å²) in [4.78, 5) is 32.5. The van der Waals surface area contributed by atoms with E-state index in [1.54, 1.807) is 20.8 Å². The van der Waals surface area contributed by atoms with Gasteiger partial charge >= 0.3 is 11.7 Å². The monoisotopic (exact) mass is 310 g/mol. The minimum atomic E-state index is -0.776. The summed E-state index contributed by atoms with van der Waals surface area (Å²) >= 11 is 0. The highest BCUT2D eigenvalue weighted by Crippen LogP contribution is 2.40. The highest BCUT2D eigenvalue weighted by Gasteiger charge is 2.29. The van der Waals surface area contributed by atoms with Gasteiger partial charge in [0.05, 0.1) is 21.8 Å². The van der Waals surface area contributed by atoms with Crippen LogP contribution in [0.2, 0.25) is 0 Å². The fraction of sp³-hybridized carbons (Fsp3) is 0.500. The van der Waals surface area contributed by atoms with E-state index in [1.165, 1.54) is 6.07 Å². The maximum absolute atomic E-state index is 11.8. The maximum atomic E-state index is 11.8. The van der Waals surface area contributed by atoms with E-state index in [9.17, 15) is 25.0 Å². The first kappa shape index (κ1) is 17.5. The number of nitro benzene ring substituents is 2. The molecule has 1 rings (SSSR count). The van der Waals surface area contributed by atoms with Crippen molar-refractivity contribution in [3.63, 3.8) is 0 Å². The van der Waals surface area contributed by atoms with Crippen LogP contribution in [0.1, 0.15) is 45.6 Å². The number of hydrogen-bond donors (Lipinski definition) is 0. The van der Waals surface area contributed by atoms with Crippen LogP contribution in [0.5, 0.6) is 5.75 Å². The summed E-state index contributed by atoms with van der Waals surface area (Å²) in [5.41, 5.74) is -0.678. The molecule has 0 saturated carbocycles. The number of rotatable bonds is 6. The summed E-state index contributed by atoms with van der Waals surface area (Å²) in [6.07, 6.45) is 0.588. The number of nitrogens with zero attached hydrogens (tertiary/aromatic N) is 2. The normalized spacial score (nSPS) is 12.0. The van der Waals surface area contributed by atoms with E-state index in [2.05, 4.69) is 0 Å². The molecular formula is C14H18N2O6. The van der Waals surface area contributed by atoms with Gasteiger partial charge in [0.2, 0.25) is 5.75 Å². The predicted molar refractivity (Wildman–Crippen MR) is 78.9 cm³/mol. The molecule has 0 aliphatic rings. The lowest BCUT2D eigenvalue weighted by Gasteiger charge is -2.15. The van der Waals surface area contributed by atoms with E-state index in [1.807, 2.05) is 6.92 Å². The first-order chi connectivity index (χ1) is 10.2. The molecule has 1 aromatic rings. The molecule has 8 nitrogen and oxygen atoms in total. The fourth-order valence-electron chi connectivity index (χ4n) is 1.78. The third kappa shape index (κ3) is 3.78. The highest BCUT2D eigenvalue weighted by atomic mass is 16.6. The van der Waals surface area contributed by atoms with Crippen LogP contribution >= 0.6 is 0 Å². The van der Waals surface area contributed by atoms with E-state index in [0.717, 1.165) is 6.07 Å². The molecule has 0 aliphatic heterocycles. The molecule has 0 N–H and O–H groups in total. The van der Waals surface area contributed by atoms with Crippen LogP contribution in [0, 0.1) is 26.1 Å². The van der Waals surface area contributed by atoms with E-state index < -0.39 is 33.1 Å². The number of ether oxygens (including phenoxy) is 1. The first-order valence-electron chi connectivity index (χ1n) is 6.87. The topological polar surface area (TPSA) is 113 Å². The molecular weight excluding hydrogens is 292 g/mol. The lowest BCUT2D eigenvalue weighted by molar-refractivity contribution is -0.394. The molecule has 120 valence electrons. The Hall–Kier alpha value is -2.51. The van der Waals surface area contributed by atoms with Gasteiger partial charge in [-0.3, -0.25) is 25.0 Å². The summed E-state index contributed by atoms with van der Waals surface area (Å²) in [5, 5.41) is 22.2. The fourth-order valence-corrected chi connectivity index (χ4v) is 1.78. The average Bonchev–Trinajstić information content (AvgIpc) is 2.45. The number of carbonyl (C=O) groups excluding carboxylic acids is 1. The quantitative estimate of drug-likeness (QED) is 0.343. The number of hydrogen-bond acceptors (Lipinski definition) is 6. The van der Waals surface area contributed by atoms with Crippen molar-refractivity contribution in [2.24, 2.45) is 5.92 Å². The third-order valence-electron chi connectivity index (χ3n) is 3.31. The van der Waals surface area contributed by atoms with Crippen molar-refractivity contribution in [3.05, 3.63) is 37.9 Å². The van der Waals surface area contributed by atoms with Crippen LogP contribution in [0.15, 0.2) is 12.1 Å². The van der Waals surface area contributed by atoms with Crippen LogP contribution in [0.4, 0.5) is 11.4 Å². The van der Waals surface area contributed by atoms with Crippen molar-refractivity contribution < 1.29 is 19.4 Å². The van der Waals surface area contributed by atoms with Gasteiger partial charge in [-0.2, -0.15) is 0 Å². The smallest absolute Gasteiger partial charge is 0.318 e. The molecule has 1 aromatic carbocycles. The molecule has 1 atom stereocenters. The molecule has 0 radical (unpaired) electrons. The van der Waals surface area contributed by atoms with Crippen molar-refractivity contribution >= 4 is 17.3 Å². The van der Waals surface area contributed by atoms with Crippen LogP contribution in [-0.4, -0.2) is 15.8 Å². The minimum Gasteiger partial charge on any atom is -0.419 e. The molecule has 8 heteroatoms. The molecule has 22 heavy (non-hydrogen) atoms. The zero-order valence-electron chi connectivity index (χ0n) is 12.9. The number of non-ortho nitro benzene ring substituents is 1. The van der Waals surface area contributed by atoms with Crippen molar-refractivity contribution in [3.8, 4) is 5.75 Å². The van der Waals surface area contributed by atoms with Gasteiger partial charge in [-0.05, 0) is 12.3 Å². The Labute approximate surface area is 127 Å². The van der Waals surface area contributed by atoms with Crippen molar-refractivity contribution in [1.82, 2.24) is 0 Å². The summed E-state index contributed by atoms with van der Waals surface area (Å²) in [6, 6.07) is 2.04. The Bertz CT molecular complexity index is 612. The molecule has 0 spiro atoms. The first-order valence-corrected chi connectivity index (χ1v) is 6.87. The Morgan fingerprint density at radius 1 is 1.18 bits per heavy atom. The second-order valence-electron chi connectivity index (χ2n) is 5.28. The molecule has 0 aliphatic carbocycles. The molecule has 0 heterocycles. The Balaban J connectivity index is 3.57. The summed E-state index contributed by atoms with van der Waals surface area (Å²) < 4.78 is 5.15. The summed E-state index contributed by atoms with van der Waals surface area (Å²) in [5.74, 6) is -1.53. The summed E-state index contributed by atoms with van der Waals surface area (Å²) in [6.45, 7) is 6.80. The van der Waals surface area contributed by atoms with E-state index in [0.29, 0.717) is 6.42 Å². The number of carbonyl (C=O) groups is 1. The molecule has 1 unspecified atom stereocenters. The molecule has 0 saturated heterocycles. The van der Waals surface area contributed by atoms with Crippen LogP contribution in [0.25, 0.3) is 0 Å². The highest BCUT2D eigenvalue weighted by molar-refractivity contribution is 5.77. The maximum Gasteiger partial charge on any atom is 0.318 e. The third-order valence-corrected chi connectivity index (χ3v) is 3.31. The van der Waals surface area contributed by atoms with Gasteiger partial charge in [-0.1, -0.05) is 27.7 Å². The van der Waals surface area contributed by atoms with E-state index in [-0.39, 0.29) is 17.2 Å². The number of nitro groups is 2. The van der Waals surface area contributed by atoms with Gasteiger partial charge in [0.15, 0.2) is 0 Å². The van der Waals surface area contributed by atoms with Gasteiger partial charge in [0.25, 0.3) is 5.69 Å². The number of esters is 1. The van der Waals surface area contributed by atoms with Crippen molar-refractivity contribution in [2.75, 3.05) is 0 Å². The van der Waals surface area contributed by atoms with Gasteiger partial charge in [0.1, 0.15) is 0 Å². The second-order valence-corrected chi connectivity index (χ2v) is 5.28. The standard InChI is InChI=1S/C14H18N2O6/c1-5-9(4)11-6-10(15(18)19)7-12(16(20)21)13(11)22-14(17)8(2)3/h6-9H,5H2,1-4H3. The van der Waals surface area contributed by atoms with Crippen molar-refractivity contribution in [2.45, 2.75) is 40.0 Å². The molecule has 0 aromatic heterocycles. The zero-order chi connectivity index (χ0) is 17.0. The Kier molecular flexibility index (Phi) is 5.56. The largest absolute Gasteiger partial charge is 0.419 e. The van der Waals surface area contributed by atoms with Crippen LogP contribution < -0.4 is 4.74 Å². The Morgan fingerprint density at radius 2 is 1.77 bits per heavy atom. The predicted octanol–water partition coefficient (Wildman–Crippen LogP) is 3.58. The molecule has 0 amide bonds. The number of benzene rings is 1. The lowest BCUT2D eigenvalue weighted by Crippen LogP contribution is -2.17. The average molecular weight is 310 g/mol. The Morgan fingerprint density at radius 3 is 2.18 bits per heavy atom. The van der Waals surface area contributed by atoms with E-state index in [4.69, 9.17) is 4.74 Å². The lowest BCUT2D eigenvalue weighted by atomic mass is 9.96. The molecule has 0 bridgehead atoms. The van der Waals surface area contributed by atoms with Crippen molar-refractivity contribution in [1.29, 1.82) is 0 Å². The SMILES string of the molecule is CCC(C)c1cc([N+](=O)[O-])cc([N+](=O)[O-])c1OC(=O)C(C)C. The van der Waals surface area contributed by atoms with Gasteiger partial charge < -0.3 is 4.74 Å². The van der Waals surface area contributed by atoms with Gasteiger partial charge in [-0.25, -0.2) is 0 Å². The van der Waals surface area contributed by atoms with Crippen LogP contribution in [-0.2, 0) is 4.79 Å². The molecule has 0 fully saturated rings. The van der Waals surface area contributed by atoms with Gasteiger partial charge in [0, 0.05) is 11.6 Å². The van der Waals surface area contributed by atoms with E-state index >= 15 is 0 Å². The zero-order valence-corrected chi connectivity index (χ0v) is 12.9. The van der Waals surface area contributed by atoms with Gasteiger partial charge in [-0.15, -0.1) is 0 Å². The summed E-state index contributed by atoms with van der Waals surface area (Å²) in [7, 11) is 0. The second kappa shape index (κ2) is 6.97. The minimum absolute atomic E-state index is 0.205.